The van der Waals surface area contributed by atoms with Crippen molar-refractivity contribution < 1.29 is 5.11 Å². The smallest absolute Gasteiger partial charge is 0.227 e. The van der Waals surface area contributed by atoms with Gasteiger partial charge in [-0.2, -0.15) is 0 Å². The number of H-pyrrole nitrogens is 1. The minimum Gasteiger partial charge on any atom is -0.392 e. The molecule has 6 rings (SSSR count). The van der Waals surface area contributed by atoms with Crippen LogP contribution in [0.5, 0.6) is 0 Å². The number of hydrogen-bond acceptors (Lipinski definition) is 6. The van der Waals surface area contributed by atoms with Crippen LogP contribution in [0.25, 0.3) is 22.2 Å². The van der Waals surface area contributed by atoms with E-state index in [2.05, 4.69) is 56.4 Å². The molecule has 2 aromatic heterocycles. The second kappa shape index (κ2) is 11.3. The third-order valence-corrected chi connectivity index (χ3v) is 8.21. The van der Waals surface area contributed by atoms with E-state index >= 15 is 0 Å². The van der Waals surface area contributed by atoms with Gasteiger partial charge in [-0.3, -0.25) is 9.80 Å². The van der Waals surface area contributed by atoms with Gasteiger partial charge < -0.3 is 15.4 Å². The van der Waals surface area contributed by atoms with Crippen molar-refractivity contribution in [2.24, 2.45) is 0 Å². The number of aromatic amines is 1. The van der Waals surface area contributed by atoms with Crippen molar-refractivity contribution in [3.8, 4) is 11.3 Å². The van der Waals surface area contributed by atoms with Crippen molar-refractivity contribution in [1.82, 2.24) is 24.8 Å². The fourth-order valence-electron chi connectivity index (χ4n) is 5.98. The number of fused-ring (bicyclic) bond motifs is 1. The van der Waals surface area contributed by atoms with Crippen LogP contribution < -0.4 is 5.32 Å². The quantitative estimate of drug-likeness (QED) is 0.222. The predicted molar refractivity (Wildman–Crippen MR) is 158 cm³/mol. The standard InChI is InChI=1S/C31H37ClN6O/c1-20(39)18-37(2)29-9-5-6-12-38(29)19-21-13-23(22-10-11-22)15-24(14-21)35-31-34-17-27(32)30(36-31)26-16-33-28-8-4-3-7-25(26)28/h3-4,7-8,13-17,20,22,29,33,39H,5-6,9-12,18-19H2,1-2H3,(H,34,35,36)/t20-,29?/m0/s1. The van der Waals surface area contributed by atoms with Crippen LogP contribution in [-0.2, 0) is 6.54 Å². The first-order valence-corrected chi connectivity index (χ1v) is 14.4. The van der Waals surface area contributed by atoms with E-state index in [1.54, 1.807) is 6.20 Å². The summed E-state index contributed by atoms with van der Waals surface area (Å²) in [5.74, 6) is 1.17. The number of benzene rings is 2. The first-order valence-electron chi connectivity index (χ1n) is 14.1. The topological polar surface area (TPSA) is 80.3 Å². The zero-order valence-corrected chi connectivity index (χ0v) is 23.5. The summed E-state index contributed by atoms with van der Waals surface area (Å²) in [5, 5.41) is 15.1. The Morgan fingerprint density at radius 2 is 2.03 bits per heavy atom. The number of aliphatic hydroxyl groups excluding tert-OH is 1. The summed E-state index contributed by atoms with van der Waals surface area (Å²) in [4.78, 5) is 17.5. The Morgan fingerprint density at radius 3 is 2.85 bits per heavy atom. The Kier molecular flexibility index (Phi) is 7.58. The van der Waals surface area contributed by atoms with Crippen molar-refractivity contribution in [1.29, 1.82) is 0 Å². The number of piperidine rings is 1. The summed E-state index contributed by atoms with van der Waals surface area (Å²) in [5.41, 5.74) is 6.41. The fraction of sp³-hybridized carbons (Fsp3) is 0.419. The van der Waals surface area contributed by atoms with Crippen molar-refractivity contribution in [3.63, 3.8) is 0 Å². The number of hydrogen-bond donors (Lipinski definition) is 3. The molecule has 1 aliphatic heterocycles. The summed E-state index contributed by atoms with van der Waals surface area (Å²) < 4.78 is 0. The highest BCUT2D eigenvalue weighted by Gasteiger charge is 2.28. The van der Waals surface area contributed by atoms with Crippen LogP contribution in [0, 0.1) is 0 Å². The monoisotopic (exact) mass is 544 g/mol. The molecule has 2 aromatic carbocycles. The molecule has 3 N–H and O–H groups in total. The number of aliphatic hydroxyl groups is 1. The Balaban J connectivity index is 1.27. The first kappa shape index (κ1) is 26.3. The van der Waals surface area contributed by atoms with Crippen molar-refractivity contribution in [3.05, 3.63) is 71.0 Å². The number of halogens is 1. The van der Waals surface area contributed by atoms with Gasteiger partial charge in [0.15, 0.2) is 0 Å². The number of rotatable bonds is 9. The van der Waals surface area contributed by atoms with Crippen LogP contribution in [-0.4, -0.2) is 62.3 Å². The molecule has 1 unspecified atom stereocenters. The maximum absolute atomic E-state index is 9.97. The Labute approximate surface area is 235 Å². The fourth-order valence-corrected chi connectivity index (χ4v) is 6.17. The molecule has 4 aromatic rings. The number of likely N-dealkylation sites (N-methyl/N-ethyl adjacent to an activating group) is 1. The van der Waals surface area contributed by atoms with E-state index in [0.717, 1.165) is 41.7 Å². The summed E-state index contributed by atoms with van der Waals surface area (Å²) in [6.07, 6.45) is 9.70. The summed E-state index contributed by atoms with van der Waals surface area (Å²) in [6.45, 7) is 4.50. The van der Waals surface area contributed by atoms with Crippen LogP contribution in [0.15, 0.2) is 54.9 Å². The van der Waals surface area contributed by atoms with E-state index < -0.39 is 0 Å². The summed E-state index contributed by atoms with van der Waals surface area (Å²) >= 11 is 6.58. The largest absolute Gasteiger partial charge is 0.392 e. The normalized spacial score (nSPS) is 19.1. The lowest BCUT2D eigenvalue weighted by Gasteiger charge is -2.41. The highest BCUT2D eigenvalue weighted by Crippen LogP contribution is 2.42. The van der Waals surface area contributed by atoms with E-state index in [9.17, 15) is 5.11 Å². The van der Waals surface area contributed by atoms with Crippen molar-refractivity contribution in [2.45, 2.75) is 63.8 Å². The summed E-state index contributed by atoms with van der Waals surface area (Å²) in [6, 6.07) is 15.0. The molecule has 1 saturated heterocycles. The molecule has 2 aliphatic rings. The zero-order valence-electron chi connectivity index (χ0n) is 22.7. The maximum Gasteiger partial charge on any atom is 0.227 e. The van der Waals surface area contributed by atoms with E-state index in [1.807, 2.05) is 31.3 Å². The Bertz CT molecular complexity index is 1450. The SMILES string of the molecule is C[C@H](O)CN(C)C1CCCCN1Cc1cc(Nc2ncc(Cl)c(-c3c[nH]c4ccccc34)n2)cc(C2CC2)c1. The molecular weight excluding hydrogens is 508 g/mol. The van der Waals surface area contributed by atoms with E-state index in [1.165, 1.54) is 36.8 Å². The lowest BCUT2D eigenvalue weighted by Crippen LogP contribution is -2.50. The van der Waals surface area contributed by atoms with Crippen molar-refractivity contribution in [2.75, 3.05) is 25.5 Å². The number of anilines is 2. The second-order valence-corrected chi connectivity index (χ2v) is 11.6. The van der Waals surface area contributed by atoms with Crippen molar-refractivity contribution >= 4 is 34.1 Å². The van der Waals surface area contributed by atoms with Gasteiger partial charge in [-0.25, -0.2) is 9.97 Å². The van der Waals surface area contributed by atoms with Gasteiger partial charge in [0.1, 0.15) is 0 Å². The molecule has 0 radical (unpaired) electrons. The van der Waals surface area contributed by atoms with Crippen LogP contribution >= 0.6 is 11.6 Å². The van der Waals surface area contributed by atoms with E-state index in [0.29, 0.717) is 35.3 Å². The van der Waals surface area contributed by atoms with Gasteiger partial charge >= 0.3 is 0 Å². The average molecular weight is 545 g/mol. The van der Waals surface area contributed by atoms with Gasteiger partial charge in [-0.1, -0.05) is 35.9 Å². The molecule has 0 spiro atoms. The van der Waals surface area contributed by atoms with Gasteiger partial charge in [0, 0.05) is 41.4 Å². The molecule has 3 heterocycles. The molecule has 39 heavy (non-hydrogen) atoms. The second-order valence-electron chi connectivity index (χ2n) is 11.2. The lowest BCUT2D eigenvalue weighted by molar-refractivity contribution is 0.00238. The Hall–Kier alpha value is -2.97. The van der Waals surface area contributed by atoms with Gasteiger partial charge in [-0.15, -0.1) is 0 Å². The average Bonchev–Trinajstić information content (AvgIpc) is 3.69. The highest BCUT2D eigenvalue weighted by molar-refractivity contribution is 6.33. The predicted octanol–water partition coefficient (Wildman–Crippen LogP) is 6.52. The molecule has 7 nitrogen and oxygen atoms in total. The number of para-hydroxylation sites is 1. The highest BCUT2D eigenvalue weighted by atomic mass is 35.5. The van der Waals surface area contributed by atoms with Gasteiger partial charge in [-0.05, 0) is 87.9 Å². The molecular formula is C31H37ClN6O. The Morgan fingerprint density at radius 1 is 1.18 bits per heavy atom. The molecule has 204 valence electrons. The number of likely N-dealkylation sites (tertiary alicyclic amines) is 1. The van der Waals surface area contributed by atoms with Crippen LogP contribution in [0.3, 0.4) is 0 Å². The number of nitrogens with zero attached hydrogens (tertiary/aromatic N) is 4. The third-order valence-electron chi connectivity index (χ3n) is 7.93. The van der Waals surface area contributed by atoms with Gasteiger partial charge in [0.25, 0.3) is 0 Å². The minimum absolute atomic E-state index is 0.332. The molecule has 8 heteroatoms. The maximum atomic E-state index is 9.97. The third kappa shape index (κ3) is 5.97. The van der Waals surface area contributed by atoms with Gasteiger partial charge in [0.2, 0.25) is 5.95 Å². The lowest BCUT2D eigenvalue weighted by atomic mass is 10.0. The zero-order chi connectivity index (χ0) is 26.9. The molecule has 2 fully saturated rings. The van der Waals surface area contributed by atoms with Crippen LogP contribution in [0.2, 0.25) is 5.02 Å². The molecule has 0 amide bonds. The van der Waals surface area contributed by atoms with Gasteiger partial charge in [0.05, 0.1) is 29.2 Å². The van der Waals surface area contributed by atoms with Crippen LogP contribution in [0.4, 0.5) is 11.6 Å². The molecule has 1 aliphatic carbocycles. The minimum atomic E-state index is -0.332. The summed E-state index contributed by atoms with van der Waals surface area (Å²) in [7, 11) is 2.13. The first-order chi connectivity index (χ1) is 18.9. The van der Waals surface area contributed by atoms with E-state index in [4.69, 9.17) is 16.6 Å². The molecule has 1 saturated carbocycles. The van der Waals surface area contributed by atoms with Crippen LogP contribution in [0.1, 0.15) is 56.1 Å². The number of nitrogens with one attached hydrogen (secondary N) is 2. The molecule has 0 bridgehead atoms. The molecule has 2 atom stereocenters. The number of aromatic nitrogens is 3. The van der Waals surface area contributed by atoms with E-state index in [-0.39, 0.29) is 6.10 Å².